The standard InChI is InChI=1S/C13H19NO6/c1-5-10(16)19-11(17)9-6-8(15)7-14(9)12(18)20-13(2,3)4/h5,8-9,15H,1,6-7H2,2-4H3/t8-,9+/m0/s1. The van der Waals surface area contributed by atoms with Gasteiger partial charge in [0.25, 0.3) is 0 Å². The molecule has 112 valence electrons. The van der Waals surface area contributed by atoms with Gasteiger partial charge in [-0.15, -0.1) is 0 Å². The molecular weight excluding hydrogens is 266 g/mol. The van der Waals surface area contributed by atoms with Crippen LogP contribution in [-0.2, 0) is 19.1 Å². The van der Waals surface area contributed by atoms with Crippen LogP contribution in [0, 0.1) is 0 Å². The molecule has 1 aliphatic heterocycles. The summed E-state index contributed by atoms with van der Waals surface area (Å²) in [6, 6.07) is -1.04. The van der Waals surface area contributed by atoms with E-state index in [0.717, 1.165) is 11.0 Å². The number of amides is 1. The van der Waals surface area contributed by atoms with Crippen LogP contribution in [0.2, 0.25) is 0 Å². The minimum Gasteiger partial charge on any atom is -0.444 e. The maximum absolute atomic E-state index is 12.0. The lowest BCUT2D eigenvalue weighted by Gasteiger charge is -2.27. The van der Waals surface area contributed by atoms with Crippen molar-refractivity contribution in [2.75, 3.05) is 6.54 Å². The van der Waals surface area contributed by atoms with Crippen molar-refractivity contribution in [2.24, 2.45) is 0 Å². The fourth-order valence-corrected chi connectivity index (χ4v) is 1.77. The Hall–Kier alpha value is -1.89. The molecule has 0 aromatic carbocycles. The normalized spacial score (nSPS) is 22.3. The van der Waals surface area contributed by atoms with Crippen molar-refractivity contribution in [3.05, 3.63) is 12.7 Å². The first-order chi connectivity index (χ1) is 9.14. The number of rotatable bonds is 2. The zero-order valence-electron chi connectivity index (χ0n) is 11.8. The third-order valence-corrected chi connectivity index (χ3v) is 2.55. The summed E-state index contributed by atoms with van der Waals surface area (Å²) in [6.07, 6.45) is -0.746. The number of likely N-dealkylation sites (tertiary alicyclic amines) is 1. The van der Waals surface area contributed by atoms with Crippen molar-refractivity contribution in [3.8, 4) is 0 Å². The van der Waals surface area contributed by atoms with E-state index in [1.807, 2.05) is 0 Å². The molecule has 0 aliphatic carbocycles. The van der Waals surface area contributed by atoms with E-state index in [2.05, 4.69) is 11.3 Å². The van der Waals surface area contributed by atoms with Crippen molar-refractivity contribution in [3.63, 3.8) is 0 Å². The Morgan fingerprint density at radius 1 is 1.35 bits per heavy atom. The van der Waals surface area contributed by atoms with Gasteiger partial charge in [0.15, 0.2) is 0 Å². The Kier molecular flexibility index (Phi) is 4.88. The van der Waals surface area contributed by atoms with Gasteiger partial charge in [0, 0.05) is 12.5 Å². The quantitative estimate of drug-likeness (QED) is 0.454. The predicted octanol–water partition coefficient (Wildman–Crippen LogP) is 0.612. The second-order valence-electron chi connectivity index (χ2n) is 5.48. The Bertz CT molecular complexity index is 425. The van der Waals surface area contributed by atoms with E-state index < -0.39 is 35.8 Å². The second-order valence-corrected chi connectivity index (χ2v) is 5.48. The molecule has 7 heteroatoms. The van der Waals surface area contributed by atoms with Gasteiger partial charge < -0.3 is 14.6 Å². The molecule has 1 saturated heterocycles. The zero-order chi connectivity index (χ0) is 15.5. The highest BCUT2D eigenvalue weighted by molar-refractivity contribution is 5.94. The lowest BCUT2D eigenvalue weighted by Crippen LogP contribution is -2.44. The molecule has 20 heavy (non-hydrogen) atoms. The SMILES string of the molecule is C=CC(=O)OC(=O)[C@H]1C[C@H](O)CN1C(=O)OC(C)(C)C. The van der Waals surface area contributed by atoms with Gasteiger partial charge in [-0.3, -0.25) is 4.90 Å². The van der Waals surface area contributed by atoms with E-state index in [4.69, 9.17) is 4.74 Å². The molecule has 1 heterocycles. The van der Waals surface area contributed by atoms with Gasteiger partial charge in [0.1, 0.15) is 11.6 Å². The van der Waals surface area contributed by atoms with Crippen molar-refractivity contribution in [1.82, 2.24) is 4.90 Å². The Labute approximate surface area is 117 Å². The second kappa shape index (κ2) is 6.04. The number of carbonyl (C=O) groups excluding carboxylic acids is 3. The summed E-state index contributed by atoms with van der Waals surface area (Å²) in [7, 11) is 0. The average Bonchev–Trinajstić information content (AvgIpc) is 2.69. The third-order valence-electron chi connectivity index (χ3n) is 2.55. The largest absolute Gasteiger partial charge is 0.444 e. The third kappa shape index (κ3) is 4.34. The zero-order valence-corrected chi connectivity index (χ0v) is 11.8. The smallest absolute Gasteiger partial charge is 0.411 e. The summed E-state index contributed by atoms with van der Waals surface area (Å²) in [5, 5.41) is 9.60. The van der Waals surface area contributed by atoms with Crippen LogP contribution in [0.1, 0.15) is 27.2 Å². The number of nitrogens with zero attached hydrogens (tertiary/aromatic N) is 1. The minimum atomic E-state index is -1.04. The number of hydrogen-bond donors (Lipinski definition) is 1. The van der Waals surface area contributed by atoms with Crippen LogP contribution in [0.3, 0.4) is 0 Å². The number of hydrogen-bond acceptors (Lipinski definition) is 6. The summed E-state index contributed by atoms with van der Waals surface area (Å²) in [5.74, 6) is -1.81. The molecule has 1 rings (SSSR count). The Balaban J connectivity index is 2.78. The first-order valence-electron chi connectivity index (χ1n) is 6.20. The van der Waals surface area contributed by atoms with Crippen molar-refractivity contribution in [1.29, 1.82) is 0 Å². The fraction of sp³-hybridized carbons (Fsp3) is 0.615. The number of aliphatic hydroxyl groups is 1. The molecule has 0 saturated carbocycles. The molecule has 2 atom stereocenters. The number of aliphatic hydroxyl groups excluding tert-OH is 1. The number of carbonyl (C=O) groups is 3. The van der Waals surface area contributed by atoms with Gasteiger partial charge in [-0.05, 0) is 20.8 Å². The van der Waals surface area contributed by atoms with Crippen molar-refractivity contribution in [2.45, 2.75) is 44.9 Å². The van der Waals surface area contributed by atoms with Crippen LogP contribution in [0.5, 0.6) is 0 Å². The molecule has 1 fully saturated rings. The van der Waals surface area contributed by atoms with Crippen LogP contribution < -0.4 is 0 Å². The average molecular weight is 285 g/mol. The molecule has 0 aromatic heterocycles. The number of esters is 2. The van der Waals surface area contributed by atoms with E-state index >= 15 is 0 Å². The van der Waals surface area contributed by atoms with Gasteiger partial charge >= 0.3 is 18.0 Å². The predicted molar refractivity (Wildman–Crippen MR) is 68.6 cm³/mol. The van der Waals surface area contributed by atoms with Gasteiger partial charge in [-0.25, -0.2) is 14.4 Å². The first-order valence-corrected chi connectivity index (χ1v) is 6.20. The Morgan fingerprint density at radius 2 is 1.95 bits per heavy atom. The maximum atomic E-state index is 12.0. The van der Waals surface area contributed by atoms with Gasteiger partial charge in [-0.1, -0.05) is 6.58 Å². The van der Waals surface area contributed by atoms with Crippen LogP contribution in [-0.4, -0.2) is 52.3 Å². The lowest BCUT2D eigenvalue weighted by molar-refractivity contribution is -0.159. The molecule has 1 N–H and O–H groups in total. The van der Waals surface area contributed by atoms with Gasteiger partial charge in [0.05, 0.1) is 12.6 Å². The number of β-amino-alcohol motifs (C(OH)–C–C–N with tert-alkyl or cyclic N) is 1. The topological polar surface area (TPSA) is 93.1 Å². The summed E-state index contributed by atoms with van der Waals surface area (Å²) in [6.45, 7) is 8.19. The molecular formula is C13H19NO6. The van der Waals surface area contributed by atoms with E-state index in [-0.39, 0.29) is 13.0 Å². The molecule has 0 radical (unpaired) electrons. The van der Waals surface area contributed by atoms with Crippen LogP contribution in [0.15, 0.2) is 12.7 Å². The van der Waals surface area contributed by atoms with E-state index in [1.54, 1.807) is 20.8 Å². The van der Waals surface area contributed by atoms with E-state index in [0.29, 0.717) is 0 Å². The van der Waals surface area contributed by atoms with Crippen LogP contribution in [0.4, 0.5) is 4.79 Å². The highest BCUT2D eigenvalue weighted by Crippen LogP contribution is 2.22. The molecule has 0 aromatic rings. The molecule has 0 bridgehead atoms. The van der Waals surface area contributed by atoms with E-state index in [9.17, 15) is 19.5 Å². The van der Waals surface area contributed by atoms with Crippen LogP contribution >= 0.6 is 0 Å². The molecule has 0 unspecified atom stereocenters. The Morgan fingerprint density at radius 3 is 2.45 bits per heavy atom. The molecule has 1 aliphatic rings. The lowest BCUT2D eigenvalue weighted by atomic mass is 10.2. The highest BCUT2D eigenvalue weighted by atomic mass is 16.6. The highest BCUT2D eigenvalue weighted by Gasteiger charge is 2.42. The first kappa shape index (κ1) is 16.2. The summed E-state index contributed by atoms with van der Waals surface area (Å²) in [5.41, 5.74) is -0.726. The molecule has 0 spiro atoms. The fourth-order valence-electron chi connectivity index (χ4n) is 1.77. The van der Waals surface area contributed by atoms with Gasteiger partial charge in [-0.2, -0.15) is 0 Å². The minimum absolute atomic E-state index is 0.00248. The van der Waals surface area contributed by atoms with Crippen LogP contribution in [0.25, 0.3) is 0 Å². The molecule has 7 nitrogen and oxygen atoms in total. The van der Waals surface area contributed by atoms with Crippen molar-refractivity contribution < 1.29 is 29.0 Å². The monoisotopic (exact) mass is 285 g/mol. The maximum Gasteiger partial charge on any atom is 0.411 e. The molecule has 1 amide bonds. The summed E-state index contributed by atoms with van der Waals surface area (Å²) >= 11 is 0. The van der Waals surface area contributed by atoms with E-state index in [1.165, 1.54) is 0 Å². The van der Waals surface area contributed by atoms with Gasteiger partial charge in [0.2, 0.25) is 0 Å². The van der Waals surface area contributed by atoms with Crippen molar-refractivity contribution >= 4 is 18.0 Å². The summed E-state index contributed by atoms with van der Waals surface area (Å²) < 4.78 is 9.63. The number of ether oxygens (including phenoxy) is 2. The summed E-state index contributed by atoms with van der Waals surface area (Å²) in [4.78, 5) is 35.8.